The highest BCUT2D eigenvalue weighted by Crippen LogP contribution is 2.36. The molecule has 0 unspecified atom stereocenters. The number of carbonyl (C=O) groups excluding carboxylic acids is 1. The van der Waals surface area contributed by atoms with Gasteiger partial charge < -0.3 is 14.4 Å². The molecular formula is C22H27N3O5S2. The van der Waals surface area contributed by atoms with Crippen molar-refractivity contribution in [1.29, 1.82) is 0 Å². The topological polar surface area (TPSA) is 89.0 Å². The number of hydrogen-bond donors (Lipinski definition) is 0. The molecule has 0 aliphatic rings. The lowest BCUT2D eigenvalue weighted by molar-refractivity contribution is -0.116. The van der Waals surface area contributed by atoms with Gasteiger partial charge in [0.15, 0.2) is 15.0 Å². The monoisotopic (exact) mass is 477 g/mol. The summed E-state index contributed by atoms with van der Waals surface area (Å²) in [5, 5.41) is 0.449. The third kappa shape index (κ3) is 5.20. The Balaban J connectivity index is 1.95. The number of sulfone groups is 1. The summed E-state index contributed by atoms with van der Waals surface area (Å²) in [6, 6.07) is 9.77. The molecule has 3 aromatic rings. The highest BCUT2D eigenvalue weighted by atomic mass is 32.2. The number of ether oxygens (including phenoxy) is 2. The van der Waals surface area contributed by atoms with Crippen molar-refractivity contribution in [3.05, 3.63) is 42.0 Å². The first kappa shape index (κ1) is 24.0. The Kier molecular flexibility index (Phi) is 7.37. The van der Waals surface area contributed by atoms with Gasteiger partial charge in [0.2, 0.25) is 5.91 Å². The Hall–Kier alpha value is -2.69. The van der Waals surface area contributed by atoms with Gasteiger partial charge in [-0.3, -0.25) is 9.69 Å². The molecule has 0 aliphatic carbocycles. The predicted octanol–water partition coefficient (Wildman–Crippen LogP) is 2.99. The fraction of sp³-hybridized carbons (Fsp3) is 0.364. The first-order valence-corrected chi connectivity index (χ1v) is 12.4. The number of likely N-dealkylation sites (N-methyl/N-ethyl adjacent to an activating group) is 1. The number of aryl methyl sites for hydroxylation is 1. The van der Waals surface area contributed by atoms with Crippen molar-refractivity contribution in [1.82, 2.24) is 9.88 Å². The lowest BCUT2D eigenvalue weighted by Gasteiger charge is -2.22. The van der Waals surface area contributed by atoms with Crippen molar-refractivity contribution in [3.8, 4) is 11.5 Å². The minimum atomic E-state index is -3.84. The number of nitrogens with zero attached hydrogens (tertiary/aromatic N) is 3. The average molecular weight is 478 g/mol. The second-order valence-corrected chi connectivity index (χ2v) is 10.5. The second-order valence-electron chi connectivity index (χ2n) is 7.54. The summed E-state index contributed by atoms with van der Waals surface area (Å²) >= 11 is 1.35. The van der Waals surface area contributed by atoms with Gasteiger partial charge in [-0.2, -0.15) is 0 Å². The lowest BCUT2D eigenvalue weighted by atomic mass is 10.2. The molecule has 3 rings (SSSR count). The molecule has 8 nitrogen and oxygen atoms in total. The number of aromatic nitrogens is 1. The molecule has 0 spiro atoms. The SMILES string of the molecule is COc1ccc(S(=O)(=O)CC(=O)N(CCN(C)C)c2nc3c(OC)ccc(C)c3s2)cc1. The number of benzene rings is 2. The molecule has 0 bridgehead atoms. The largest absolute Gasteiger partial charge is 0.497 e. The van der Waals surface area contributed by atoms with Crippen LogP contribution in [0.1, 0.15) is 5.56 Å². The maximum Gasteiger partial charge on any atom is 0.244 e. The van der Waals surface area contributed by atoms with Gasteiger partial charge >= 0.3 is 0 Å². The first-order chi connectivity index (χ1) is 15.2. The second kappa shape index (κ2) is 9.85. The number of amides is 1. The molecule has 0 saturated heterocycles. The molecule has 2 aromatic carbocycles. The smallest absolute Gasteiger partial charge is 0.244 e. The van der Waals surface area contributed by atoms with Crippen LogP contribution in [-0.4, -0.2) is 71.4 Å². The minimum Gasteiger partial charge on any atom is -0.497 e. The highest BCUT2D eigenvalue weighted by molar-refractivity contribution is 7.92. The minimum absolute atomic E-state index is 0.0704. The quantitative estimate of drug-likeness (QED) is 0.468. The lowest BCUT2D eigenvalue weighted by Crippen LogP contribution is -2.40. The summed E-state index contributed by atoms with van der Waals surface area (Å²) in [6.45, 7) is 2.83. The molecule has 0 saturated carbocycles. The van der Waals surface area contributed by atoms with Crippen molar-refractivity contribution >= 4 is 42.4 Å². The van der Waals surface area contributed by atoms with E-state index in [0.717, 1.165) is 10.3 Å². The molecule has 1 amide bonds. The predicted molar refractivity (Wildman–Crippen MR) is 127 cm³/mol. The van der Waals surface area contributed by atoms with E-state index in [1.807, 2.05) is 38.1 Å². The summed E-state index contributed by atoms with van der Waals surface area (Å²) < 4.78 is 37.2. The fourth-order valence-corrected chi connectivity index (χ4v) is 5.41. The van der Waals surface area contributed by atoms with Crippen LogP contribution in [0.4, 0.5) is 5.13 Å². The van der Waals surface area contributed by atoms with E-state index in [9.17, 15) is 13.2 Å². The van der Waals surface area contributed by atoms with Gasteiger partial charge in [0.05, 0.1) is 23.8 Å². The molecule has 10 heteroatoms. The zero-order valence-electron chi connectivity index (χ0n) is 18.8. The Labute approximate surface area is 192 Å². The highest BCUT2D eigenvalue weighted by Gasteiger charge is 2.27. The zero-order chi connectivity index (χ0) is 23.5. The maximum atomic E-state index is 13.2. The number of thiazole rings is 1. The Morgan fingerprint density at radius 3 is 2.31 bits per heavy atom. The normalized spacial score (nSPS) is 11.7. The maximum absolute atomic E-state index is 13.2. The van der Waals surface area contributed by atoms with Crippen molar-refractivity contribution in [2.75, 3.05) is 52.1 Å². The van der Waals surface area contributed by atoms with Gasteiger partial charge in [-0.15, -0.1) is 0 Å². The number of methoxy groups -OCH3 is 2. The van der Waals surface area contributed by atoms with Gasteiger partial charge in [-0.25, -0.2) is 13.4 Å². The third-order valence-electron chi connectivity index (χ3n) is 4.95. The summed E-state index contributed by atoms with van der Waals surface area (Å²) in [6.07, 6.45) is 0. The standard InChI is InChI=1S/C22H27N3O5S2/c1-15-6-11-18(30-5)20-21(15)31-22(23-20)25(13-12-24(2)3)19(26)14-32(27,28)17-9-7-16(29-4)8-10-17/h6-11H,12-14H2,1-5H3. The van der Waals surface area contributed by atoms with E-state index in [4.69, 9.17) is 9.47 Å². The molecule has 172 valence electrons. The molecule has 32 heavy (non-hydrogen) atoms. The summed E-state index contributed by atoms with van der Waals surface area (Å²) in [5.74, 6) is -0.0299. The molecule has 1 aromatic heterocycles. The van der Waals surface area contributed by atoms with E-state index < -0.39 is 21.5 Å². The van der Waals surface area contributed by atoms with Gasteiger partial charge in [-0.1, -0.05) is 17.4 Å². The van der Waals surface area contributed by atoms with Gasteiger partial charge in [0.1, 0.15) is 22.8 Å². The summed E-state index contributed by atoms with van der Waals surface area (Å²) in [7, 11) is 3.02. The molecule has 0 fully saturated rings. The van der Waals surface area contributed by atoms with Crippen molar-refractivity contribution < 1.29 is 22.7 Å². The van der Waals surface area contributed by atoms with Crippen LogP contribution >= 0.6 is 11.3 Å². The fourth-order valence-electron chi connectivity index (χ4n) is 3.11. The van der Waals surface area contributed by atoms with E-state index in [1.54, 1.807) is 19.2 Å². The molecule has 0 radical (unpaired) electrons. The average Bonchev–Trinajstić information content (AvgIpc) is 3.19. The van der Waals surface area contributed by atoms with Gasteiger partial charge in [-0.05, 0) is 56.9 Å². The van der Waals surface area contributed by atoms with E-state index >= 15 is 0 Å². The Bertz CT molecular complexity index is 1200. The van der Waals surface area contributed by atoms with Crippen LogP contribution in [0.3, 0.4) is 0 Å². The molecule has 1 heterocycles. The van der Waals surface area contributed by atoms with Crippen LogP contribution in [0.2, 0.25) is 0 Å². The van der Waals surface area contributed by atoms with Crippen molar-refractivity contribution in [2.24, 2.45) is 0 Å². The van der Waals surface area contributed by atoms with E-state index in [0.29, 0.717) is 35.2 Å². The number of fused-ring (bicyclic) bond motifs is 1. The van der Waals surface area contributed by atoms with E-state index in [-0.39, 0.29) is 4.90 Å². The van der Waals surface area contributed by atoms with E-state index in [2.05, 4.69) is 4.98 Å². The molecule has 0 atom stereocenters. The Morgan fingerprint density at radius 1 is 1.03 bits per heavy atom. The number of anilines is 1. The number of carbonyl (C=O) groups is 1. The molecule has 0 aliphatic heterocycles. The first-order valence-electron chi connectivity index (χ1n) is 9.92. The zero-order valence-corrected chi connectivity index (χ0v) is 20.4. The Morgan fingerprint density at radius 2 is 1.72 bits per heavy atom. The van der Waals surface area contributed by atoms with Gasteiger partial charge in [0, 0.05) is 13.1 Å². The molecular weight excluding hydrogens is 450 g/mol. The third-order valence-corrected chi connectivity index (χ3v) is 7.78. The van der Waals surface area contributed by atoms with Crippen molar-refractivity contribution in [3.63, 3.8) is 0 Å². The van der Waals surface area contributed by atoms with Crippen LogP contribution in [0, 0.1) is 6.92 Å². The number of hydrogen-bond acceptors (Lipinski definition) is 8. The van der Waals surface area contributed by atoms with Crippen LogP contribution in [-0.2, 0) is 14.6 Å². The van der Waals surface area contributed by atoms with Gasteiger partial charge in [0.25, 0.3) is 0 Å². The molecule has 0 N–H and O–H groups in total. The van der Waals surface area contributed by atoms with E-state index in [1.165, 1.54) is 35.5 Å². The number of rotatable bonds is 9. The van der Waals surface area contributed by atoms with Crippen molar-refractivity contribution in [2.45, 2.75) is 11.8 Å². The van der Waals surface area contributed by atoms with Crippen LogP contribution < -0.4 is 14.4 Å². The van der Waals surface area contributed by atoms with Crippen LogP contribution in [0.5, 0.6) is 11.5 Å². The van der Waals surface area contributed by atoms with Crippen LogP contribution in [0.25, 0.3) is 10.2 Å². The summed E-state index contributed by atoms with van der Waals surface area (Å²) in [4.78, 5) is 21.3. The summed E-state index contributed by atoms with van der Waals surface area (Å²) in [5.41, 5.74) is 1.67. The van der Waals surface area contributed by atoms with Crippen LogP contribution in [0.15, 0.2) is 41.3 Å².